The third-order valence-electron chi connectivity index (χ3n) is 5.37. The minimum Gasteiger partial charge on any atom is -0.300 e. The summed E-state index contributed by atoms with van der Waals surface area (Å²) in [5.74, 6) is 0.511. The fraction of sp³-hybridized carbons (Fsp3) is 0.880. The van der Waals surface area contributed by atoms with Crippen LogP contribution in [0.3, 0.4) is 0 Å². The van der Waals surface area contributed by atoms with Gasteiger partial charge in [0.1, 0.15) is 5.78 Å². The number of unbranched alkanes of at least 4 members (excludes halogenated alkanes) is 16. The Labute approximate surface area is 165 Å². The van der Waals surface area contributed by atoms with Gasteiger partial charge >= 0.3 is 0 Å². The Kier molecular flexibility index (Phi) is 21.9. The van der Waals surface area contributed by atoms with Gasteiger partial charge in [0.15, 0.2) is 0 Å². The predicted octanol–water partition coefficient (Wildman–Crippen LogP) is 8.95. The van der Waals surface area contributed by atoms with E-state index in [2.05, 4.69) is 26.0 Å². The lowest BCUT2D eigenvalue weighted by Gasteiger charge is -2.03. The highest BCUT2D eigenvalue weighted by Gasteiger charge is 2.02. The number of carbonyl (C=O) groups excluding carboxylic acids is 1. The maximum Gasteiger partial charge on any atom is 0.132 e. The topological polar surface area (TPSA) is 17.1 Å². The van der Waals surface area contributed by atoms with E-state index in [-0.39, 0.29) is 0 Å². The highest BCUT2D eigenvalue weighted by atomic mass is 16.1. The van der Waals surface area contributed by atoms with Gasteiger partial charge in [0, 0.05) is 12.8 Å². The molecule has 154 valence electrons. The maximum absolute atomic E-state index is 11.9. The third kappa shape index (κ3) is 21.5. The van der Waals surface area contributed by atoms with E-state index >= 15 is 0 Å². The molecule has 0 radical (unpaired) electrons. The van der Waals surface area contributed by atoms with Crippen LogP contribution < -0.4 is 0 Å². The van der Waals surface area contributed by atoms with Crippen molar-refractivity contribution in [2.45, 2.75) is 142 Å². The molecule has 1 nitrogen and oxygen atoms in total. The second-order valence-corrected chi connectivity index (χ2v) is 8.05. The molecule has 0 aromatic carbocycles. The summed E-state index contributed by atoms with van der Waals surface area (Å²) < 4.78 is 0. The highest BCUT2D eigenvalue weighted by molar-refractivity contribution is 5.78. The molecule has 0 heterocycles. The second-order valence-electron chi connectivity index (χ2n) is 8.05. The molecule has 0 aliphatic heterocycles. The molecule has 0 saturated heterocycles. The van der Waals surface area contributed by atoms with Crippen molar-refractivity contribution in [1.29, 1.82) is 0 Å². The summed E-state index contributed by atoms with van der Waals surface area (Å²) in [6.07, 6.45) is 29.9. The normalized spacial score (nSPS) is 11.5. The van der Waals surface area contributed by atoms with Crippen LogP contribution in [0.2, 0.25) is 0 Å². The molecule has 0 aliphatic carbocycles. The van der Waals surface area contributed by atoms with E-state index in [9.17, 15) is 4.79 Å². The molecule has 0 unspecified atom stereocenters. The Hall–Kier alpha value is -0.590. The molecule has 0 aromatic rings. The van der Waals surface area contributed by atoms with Crippen molar-refractivity contribution < 1.29 is 4.79 Å². The van der Waals surface area contributed by atoms with Crippen molar-refractivity contribution in [3.8, 4) is 0 Å². The average molecular weight is 365 g/mol. The fourth-order valence-electron chi connectivity index (χ4n) is 3.57. The fourth-order valence-corrected chi connectivity index (χ4v) is 3.57. The van der Waals surface area contributed by atoms with Crippen molar-refractivity contribution in [1.82, 2.24) is 0 Å². The van der Waals surface area contributed by atoms with Gasteiger partial charge in [0.25, 0.3) is 0 Å². The summed E-state index contributed by atoms with van der Waals surface area (Å²) >= 11 is 0. The number of Topliss-reactive ketones (excluding diaryl/α,β-unsaturated/α-hetero) is 1. The van der Waals surface area contributed by atoms with Crippen LogP contribution in [-0.4, -0.2) is 5.78 Å². The number of allylic oxidation sites excluding steroid dienone is 2. The number of rotatable bonds is 21. The predicted molar refractivity (Wildman–Crippen MR) is 118 cm³/mol. The Bertz CT molecular complexity index is 305. The minimum absolute atomic E-state index is 0.511. The summed E-state index contributed by atoms with van der Waals surface area (Å²) in [6, 6.07) is 0. The first-order valence-corrected chi connectivity index (χ1v) is 11.9. The number of hydrogen-bond donors (Lipinski definition) is 0. The minimum atomic E-state index is 0.511. The average Bonchev–Trinajstić information content (AvgIpc) is 2.64. The summed E-state index contributed by atoms with van der Waals surface area (Å²) in [5.41, 5.74) is 0. The van der Waals surface area contributed by atoms with E-state index in [4.69, 9.17) is 0 Å². The summed E-state index contributed by atoms with van der Waals surface area (Å²) in [6.45, 7) is 4.36. The van der Waals surface area contributed by atoms with E-state index < -0.39 is 0 Å². The number of carbonyl (C=O) groups is 1. The Balaban J connectivity index is 3.14. The monoisotopic (exact) mass is 364 g/mol. The second kappa shape index (κ2) is 22.5. The first kappa shape index (κ1) is 25.4. The third-order valence-corrected chi connectivity index (χ3v) is 5.37. The van der Waals surface area contributed by atoms with Gasteiger partial charge < -0.3 is 0 Å². The van der Waals surface area contributed by atoms with E-state index in [1.54, 1.807) is 0 Å². The zero-order valence-corrected chi connectivity index (χ0v) is 18.2. The van der Waals surface area contributed by atoms with Gasteiger partial charge in [0.2, 0.25) is 0 Å². The lowest BCUT2D eigenvalue weighted by molar-refractivity contribution is -0.119. The van der Waals surface area contributed by atoms with Gasteiger partial charge in [-0.15, -0.1) is 0 Å². The lowest BCUT2D eigenvalue weighted by atomic mass is 10.0. The molecule has 0 amide bonds. The van der Waals surface area contributed by atoms with Crippen molar-refractivity contribution in [3.05, 3.63) is 12.2 Å². The molecule has 0 rings (SSSR count). The van der Waals surface area contributed by atoms with E-state index in [1.807, 2.05) is 0 Å². The molecule has 0 bridgehead atoms. The Morgan fingerprint density at radius 1 is 0.577 bits per heavy atom. The number of hydrogen-bond acceptors (Lipinski definition) is 1. The molecule has 0 aliphatic rings. The molecule has 0 atom stereocenters. The van der Waals surface area contributed by atoms with Crippen LogP contribution in [0.4, 0.5) is 0 Å². The summed E-state index contributed by atoms with van der Waals surface area (Å²) in [5, 5.41) is 0. The molecule has 0 aromatic heterocycles. The maximum atomic E-state index is 11.9. The molecule has 0 spiro atoms. The lowest BCUT2D eigenvalue weighted by Crippen LogP contribution is -1.97. The Morgan fingerprint density at radius 3 is 1.38 bits per heavy atom. The SMILES string of the molecule is CC=CCCCCCCCCCCCCC(=O)CCCCCCCCC. The molecular formula is C25H48O. The standard InChI is InChI=1S/C25H48O/c1-3-5-7-9-11-12-13-14-15-16-18-20-22-24-25(26)23-21-19-17-10-8-6-4-2/h3,5H,4,6-24H2,1-2H3. The zero-order valence-electron chi connectivity index (χ0n) is 18.2. The Morgan fingerprint density at radius 2 is 0.962 bits per heavy atom. The molecule has 0 N–H and O–H groups in total. The van der Waals surface area contributed by atoms with Crippen LogP contribution >= 0.6 is 0 Å². The first-order valence-electron chi connectivity index (χ1n) is 11.9. The first-order chi connectivity index (χ1) is 12.8. The van der Waals surface area contributed by atoms with Crippen LogP contribution in [0.15, 0.2) is 12.2 Å². The van der Waals surface area contributed by atoms with Crippen molar-refractivity contribution in [2.75, 3.05) is 0 Å². The van der Waals surface area contributed by atoms with Gasteiger partial charge in [-0.25, -0.2) is 0 Å². The molecule has 0 saturated carbocycles. The largest absolute Gasteiger partial charge is 0.300 e. The van der Waals surface area contributed by atoms with Gasteiger partial charge in [-0.05, 0) is 32.6 Å². The van der Waals surface area contributed by atoms with Gasteiger partial charge in [-0.1, -0.05) is 109 Å². The van der Waals surface area contributed by atoms with Crippen LogP contribution in [0.1, 0.15) is 142 Å². The van der Waals surface area contributed by atoms with Gasteiger partial charge in [-0.2, -0.15) is 0 Å². The summed E-state index contributed by atoms with van der Waals surface area (Å²) in [7, 11) is 0. The van der Waals surface area contributed by atoms with Crippen molar-refractivity contribution in [2.24, 2.45) is 0 Å². The zero-order chi connectivity index (χ0) is 19.1. The van der Waals surface area contributed by atoms with Crippen LogP contribution in [0.5, 0.6) is 0 Å². The quantitative estimate of drug-likeness (QED) is 0.147. The van der Waals surface area contributed by atoms with Crippen LogP contribution in [0, 0.1) is 0 Å². The van der Waals surface area contributed by atoms with Gasteiger partial charge in [-0.3, -0.25) is 4.79 Å². The van der Waals surface area contributed by atoms with Crippen LogP contribution in [-0.2, 0) is 4.79 Å². The van der Waals surface area contributed by atoms with E-state index in [0.717, 1.165) is 25.7 Å². The van der Waals surface area contributed by atoms with Crippen LogP contribution in [0.25, 0.3) is 0 Å². The van der Waals surface area contributed by atoms with E-state index in [1.165, 1.54) is 103 Å². The van der Waals surface area contributed by atoms with Gasteiger partial charge in [0.05, 0.1) is 0 Å². The highest BCUT2D eigenvalue weighted by Crippen LogP contribution is 2.13. The number of ketones is 1. The van der Waals surface area contributed by atoms with Crippen molar-refractivity contribution in [3.63, 3.8) is 0 Å². The summed E-state index contributed by atoms with van der Waals surface area (Å²) in [4.78, 5) is 11.9. The molecule has 0 fully saturated rings. The van der Waals surface area contributed by atoms with Crippen molar-refractivity contribution >= 4 is 5.78 Å². The van der Waals surface area contributed by atoms with E-state index in [0.29, 0.717) is 5.78 Å². The molecule has 26 heavy (non-hydrogen) atoms. The molecular weight excluding hydrogens is 316 g/mol. The molecule has 1 heteroatoms. The smallest absolute Gasteiger partial charge is 0.132 e.